The fraction of sp³-hybridized carbons (Fsp3) is 0.300. The molecule has 2 rings (SSSR count). The molecule has 0 saturated carbocycles. The minimum atomic E-state index is -1.07. The summed E-state index contributed by atoms with van der Waals surface area (Å²) < 4.78 is 18.7. The van der Waals surface area contributed by atoms with Gasteiger partial charge in [0.2, 0.25) is 17.4 Å². The SMILES string of the molecule is C[C@@H](Oc1cc(F)ccc1[N+](=O)[O-])C(=O)c1ccc(NC(=O)C(C)(C)C)cc1. The zero-order chi connectivity index (χ0) is 21.1. The average Bonchev–Trinajstić information content (AvgIpc) is 2.60. The lowest BCUT2D eigenvalue weighted by molar-refractivity contribution is -0.386. The summed E-state index contributed by atoms with van der Waals surface area (Å²) in [7, 11) is 0. The maximum Gasteiger partial charge on any atom is 0.311 e. The van der Waals surface area contributed by atoms with Crippen molar-refractivity contribution in [3.05, 3.63) is 64.0 Å². The Bertz CT molecular complexity index is 904. The molecule has 0 bridgehead atoms. The number of nitro groups is 1. The third kappa shape index (κ3) is 5.12. The van der Waals surface area contributed by atoms with Crippen molar-refractivity contribution in [1.82, 2.24) is 0 Å². The van der Waals surface area contributed by atoms with E-state index in [2.05, 4.69) is 5.32 Å². The molecule has 0 aromatic heterocycles. The van der Waals surface area contributed by atoms with Crippen molar-refractivity contribution in [3.63, 3.8) is 0 Å². The standard InChI is InChI=1S/C20H21FN2O5/c1-12(28-17-11-14(21)7-10-16(17)23(26)27)18(24)13-5-8-15(9-6-13)22-19(25)20(2,3)4/h5-12H,1-4H3,(H,22,25)/t12-/m1/s1. The van der Waals surface area contributed by atoms with Crippen LogP contribution in [0.3, 0.4) is 0 Å². The van der Waals surface area contributed by atoms with E-state index in [1.165, 1.54) is 19.1 Å². The van der Waals surface area contributed by atoms with E-state index in [1.807, 2.05) is 0 Å². The number of rotatable bonds is 6. The number of halogens is 1. The molecule has 0 fully saturated rings. The average molecular weight is 388 g/mol. The van der Waals surface area contributed by atoms with Crippen molar-refractivity contribution in [3.8, 4) is 5.75 Å². The second-order valence-electron chi connectivity index (χ2n) is 7.27. The highest BCUT2D eigenvalue weighted by Crippen LogP contribution is 2.29. The first kappa shape index (κ1) is 21.0. The van der Waals surface area contributed by atoms with Crippen LogP contribution in [0.5, 0.6) is 5.75 Å². The quantitative estimate of drug-likeness (QED) is 0.450. The first-order chi connectivity index (χ1) is 13.0. The molecule has 0 aliphatic heterocycles. The van der Waals surface area contributed by atoms with Gasteiger partial charge in [0.05, 0.1) is 4.92 Å². The Morgan fingerprint density at radius 2 is 1.75 bits per heavy atom. The minimum Gasteiger partial charge on any atom is -0.475 e. The molecular weight excluding hydrogens is 367 g/mol. The molecule has 0 heterocycles. The molecule has 28 heavy (non-hydrogen) atoms. The Balaban J connectivity index is 2.13. The van der Waals surface area contributed by atoms with Gasteiger partial charge in [-0.2, -0.15) is 0 Å². The zero-order valence-corrected chi connectivity index (χ0v) is 16.0. The Morgan fingerprint density at radius 3 is 2.29 bits per heavy atom. The van der Waals surface area contributed by atoms with Crippen LogP contribution < -0.4 is 10.1 Å². The van der Waals surface area contributed by atoms with Crippen molar-refractivity contribution < 1.29 is 23.6 Å². The molecule has 1 atom stereocenters. The van der Waals surface area contributed by atoms with Gasteiger partial charge in [-0.25, -0.2) is 4.39 Å². The number of nitrogens with zero attached hydrogens (tertiary/aromatic N) is 1. The number of anilines is 1. The zero-order valence-electron chi connectivity index (χ0n) is 16.0. The van der Waals surface area contributed by atoms with Crippen LogP contribution in [-0.2, 0) is 4.79 Å². The maximum atomic E-state index is 13.4. The first-order valence-corrected chi connectivity index (χ1v) is 8.55. The van der Waals surface area contributed by atoms with Gasteiger partial charge in [0.15, 0.2) is 6.10 Å². The summed E-state index contributed by atoms with van der Waals surface area (Å²) >= 11 is 0. The molecule has 7 nitrogen and oxygen atoms in total. The number of hydrogen-bond acceptors (Lipinski definition) is 5. The van der Waals surface area contributed by atoms with Crippen LogP contribution in [0.2, 0.25) is 0 Å². The van der Waals surface area contributed by atoms with E-state index in [-0.39, 0.29) is 11.7 Å². The minimum absolute atomic E-state index is 0.165. The maximum absolute atomic E-state index is 13.4. The van der Waals surface area contributed by atoms with Crippen molar-refractivity contribution in [1.29, 1.82) is 0 Å². The van der Waals surface area contributed by atoms with Gasteiger partial charge in [0.1, 0.15) is 5.82 Å². The highest BCUT2D eigenvalue weighted by molar-refractivity contribution is 6.00. The molecule has 0 unspecified atom stereocenters. The van der Waals surface area contributed by atoms with Crippen LogP contribution in [0.25, 0.3) is 0 Å². The van der Waals surface area contributed by atoms with Gasteiger partial charge < -0.3 is 10.1 Å². The Kier molecular flexibility index (Phi) is 6.12. The predicted molar refractivity (Wildman–Crippen MR) is 102 cm³/mol. The van der Waals surface area contributed by atoms with Crippen molar-refractivity contribution in [2.75, 3.05) is 5.32 Å². The van der Waals surface area contributed by atoms with E-state index in [1.54, 1.807) is 32.9 Å². The van der Waals surface area contributed by atoms with Gasteiger partial charge >= 0.3 is 5.69 Å². The van der Waals surface area contributed by atoms with E-state index in [0.717, 1.165) is 18.2 Å². The topological polar surface area (TPSA) is 98.5 Å². The fourth-order valence-electron chi connectivity index (χ4n) is 2.25. The Labute approximate surface area is 161 Å². The number of Topliss-reactive ketones (excluding diaryl/α,β-unsaturated/α-hetero) is 1. The number of ether oxygens (including phenoxy) is 1. The molecule has 2 aromatic rings. The lowest BCUT2D eigenvalue weighted by Crippen LogP contribution is -2.27. The molecule has 0 saturated heterocycles. The van der Waals surface area contributed by atoms with Gasteiger partial charge in [-0.3, -0.25) is 19.7 Å². The summed E-state index contributed by atoms with van der Waals surface area (Å²) in [6, 6.07) is 8.98. The molecule has 2 aromatic carbocycles. The van der Waals surface area contributed by atoms with Gasteiger partial charge in [-0.05, 0) is 37.3 Å². The summed E-state index contributed by atoms with van der Waals surface area (Å²) in [5.74, 6) is -1.63. The first-order valence-electron chi connectivity index (χ1n) is 8.55. The van der Waals surface area contributed by atoms with Crippen LogP contribution in [0.4, 0.5) is 15.8 Å². The van der Waals surface area contributed by atoms with E-state index in [4.69, 9.17) is 4.74 Å². The molecule has 0 spiro atoms. The number of nitro benzene ring substituents is 1. The normalized spacial score (nSPS) is 12.2. The van der Waals surface area contributed by atoms with Crippen LogP contribution in [0, 0.1) is 21.3 Å². The summed E-state index contributed by atoms with van der Waals surface area (Å²) in [5, 5.41) is 13.8. The summed E-state index contributed by atoms with van der Waals surface area (Å²) in [4.78, 5) is 34.9. The largest absolute Gasteiger partial charge is 0.475 e. The van der Waals surface area contributed by atoms with Crippen LogP contribution >= 0.6 is 0 Å². The van der Waals surface area contributed by atoms with Crippen LogP contribution in [0.15, 0.2) is 42.5 Å². The Morgan fingerprint density at radius 1 is 1.14 bits per heavy atom. The molecule has 0 aliphatic carbocycles. The van der Waals surface area contributed by atoms with Gasteiger partial charge in [-0.1, -0.05) is 20.8 Å². The van der Waals surface area contributed by atoms with Gasteiger partial charge in [0.25, 0.3) is 0 Å². The number of ketones is 1. The predicted octanol–water partition coefficient (Wildman–Crippen LogP) is 4.37. The number of carbonyl (C=O) groups excluding carboxylic acids is 2. The van der Waals surface area contributed by atoms with Gasteiger partial charge in [0, 0.05) is 28.8 Å². The molecule has 8 heteroatoms. The summed E-state index contributed by atoms with van der Waals surface area (Å²) in [5.41, 5.74) is -0.163. The number of carbonyl (C=O) groups is 2. The fourth-order valence-corrected chi connectivity index (χ4v) is 2.25. The smallest absolute Gasteiger partial charge is 0.311 e. The number of nitrogens with one attached hydrogen (secondary N) is 1. The monoisotopic (exact) mass is 388 g/mol. The number of hydrogen-bond donors (Lipinski definition) is 1. The van der Waals surface area contributed by atoms with Gasteiger partial charge in [-0.15, -0.1) is 0 Å². The van der Waals surface area contributed by atoms with Crippen molar-refractivity contribution in [2.45, 2.75) is 33.8 Å². The third-order valence-electron chi connectivity index (χ3n) is 3.90. The van der Waals surface area contributed by atoms with E-state index in [0.29, 0.717) is 11.3 Å². The third-order valence-corrected chi connectivity index (χ3v) is 3.90. The second kappa shape index (κ2) is 8.16. The summed E-state index contributed by atoms with van der Waals surface area (Å²) in [6.45, 7) is 6.77. The molecule has 0 radical (unpaired) electrons. The molecule has 1 N–H and O–H groups in total. The van der Waals surface area contributed by atoms with E-state index >= 15 is 0 Å². The molecule has 1 amide bonds. The van der Waals surface area contributed by atoms with Crippen LogP contribution in [0.1, 0.15) is 38.1 Å². The highest BCUT2D eigenvalue weighted by atomic mass is 19.1. The lowest BCUT2D eigenvalue weighted by Gasteiger charge is -2.18. The lowest BCUT2D eigenvalue weighted by atomic mass is 9.95. The number of benzene rings is 2. The second-order valence-corrected chi connectivity index (χ2v) is 7.27. The molecular formula is C20H21FN2O5. The van der Waals surface area contributed by atoms with Crippen molar-refractivity contribution >= 4 is 23.1 Å². The van der Waals surface area contributed by atoms with Crippen molar-refractivity contribution in [2.24, 2.45) is 5.41 Å². The molecule has 0 aliphatic rings. The van der Waals surface area contributed by atoms with E-state index in [9.17, 15) is 24.1 Å². The highest BCUT2D eigenvalue weighted by Gasteiger charge is 2.24. The van der Waals surface area contributed by atoms with E-state index < -0.39 is 33.7 Å². The Hall–Kier alpha value is -3.29. The summed E-state index contributed by atoms with van der Waals surface area (Å²) in [6.07, 6.45) is -1.07. The number of amides is 1. The van der Waals surface area contributed by atoms with Crippen LogP contribution in [-0.4, -0.2) is 22.7 Å². The molecule has 148 valence electrons.